The lowest BCUT2D eigenvalue weighted by Gasteiger charge is -2.58. The molecular formula is C24H32FNO4S. The summed E-state index contributed by atoms with van der Waals surface area (Å²) in [6.45, 7) is 4.50. The van der Waals surface area contributed by atoms with Crippen LogP contribution in [0.1, 0.15) is 57.9 Å². The number of rotatable bonds is 11. The van der Waals surface area contributed by atoms with E-state index < -0.39 is 16.0 Å². The van der Waals surface area contributed by atoms with Crippen molar-refractivity contribution >= 4 is 16.0 Å². The van der Waals surface area contributed by atoms with Crippen molar-refractivity contribution in [3.05, 3.63) is 59.1 Å². The van der Waals surface area contributed by atoms with E-state index in [1.807, 2.05) is 12.2 Å². The molecule has 0 heterocycles. The highest BCUT2D eigenvalue weighted by atomic mass is 32.2. The zero-order valence-electron chi connectivity index (χ0n) is 18.2. The normalized spacial score (nSPS) is 22.4. The van der Waals surface area contributed by atoms with Gasteiger partial charge in [0.25, 0.3) is 0 Å². The van der Waals surface area contributed by atoms with Crippen molar-refractivity contribution in [2.75, 3.05) is 5.75 Å². The molecule has 2 unspecified atom stereocenters. The van der Waals surface area contributed by atoms with E-state index in [9.17, 15) is 17.6 Å². The lowest BCUT2D eigenvalue weighted by Crippen LogP contribution is -2.51. The number of allylic oxidation sites excluding steroid dienone is 4. The minimum absolute atomic E-state index is 0.0425. The van der Waals surface area contributed by atoms with Gasteiger partial charge >= 0.3 is 5.97 Å². The van der Waals surface area contributed by atoms with Crippen molar-refractivity contribution in [2.45, 2.75) is 58.8 Å². The first-order valence-electron chi connectivity index (χ1n) is 10.9. The highest BCUT2D eigenvalue weighted by Gasteiger charge is 2.53. The molecule has 0 aliphatic heterocycles. The number of fused-ring (bicyclic) bond motifs is 1. The third-order valence-electron chi connectivity index (χ3n) is 6.85. The Balaban J connectivity index is 1.66. The van der Waals surface area contributed by atoms with Crippen molar-refractivity contribution in [1.82, 2.24) is 4.72 Å². The fourth-order valence-electron chi connectivity index (χ4n) is 4.76. The van der Waals surface area contributed by atoms with Gasteiger partial charge in [-0.05, 0) is 79.0 Å². The summed E-state index contributed by atoms with van der Waals surface area (Å²) in [6.07, 6.45) is 8.34. The summed E-state index contributed by atoms with van der Waals surface area (Å²) in [7, 11) is -3.50. The third-order valence-corrected chi connectivity index (χ3v) is 8.15. The Bertz CT molecular complexity index is 964. The van der Waals surface area contributed by atoms with Gasteiger partial charge in [0.1, 0.15) is 5.82 Å². The van der Waals surface area contributed by atoms with Crippen LogP contribution in [0.4, 0.5) is 4.39 Å². The molecule has 0 radical (unpaired) electrons. The number of aryl methyl sites for hydroxylation is 1. The summed E-state index contributed by atoms with van der Waals surface area (Å²) < 4.78 is 41.4. The number of unbranched alkanes of at least 4 members (excludes halogenated alkanes) is 1. The quantitative estimate of drug-likeness (QED) is 0.375. The SMILES string of the molecule is CC1(C)C2CC(NS(=O)(=O)CCc3ccc(F)cc3)=C(CC=CCCCC(=O)O)C1C2. The summed E-state index contributed by atoms with van der Waals surface area (Å²) in [5.41, 5.74) is 2.95. The van der Waals surface area contributed by atoms with Gasteiger partial charge in [0.2, 0.25) is 10.0 Å². The van der Waals surface area contributed by atoms with E-state index in [4.69, 9.17) is 5.11 Å². The molecule has 2 bridgehead atoms. The monoisotopic (exact) mass is 449 g/mol. The van der Waals surface area contributed by atoms with Crippen molar-refractivity contribution in [2.24, 2.45) is 17.3 Å². The standard InChI is InChI=1S/C24H32FNO4S/c1-24(2)18-15-21(24)20(7-5-3-4-6-8-23(27)28)22(16-18)26-31(29,30)14-13-17-9-11-19(25)12-10-17/h3,5,9-12,18,21,26H,4,6-8,13-16H2,1-2H3,(H,27,28). The number of carbonyl (C=O) groups is 1. The second-order valence-electron chi connectivity index (χ2n) is 9.27. The Morgan fingerprint density at radius 1 is 1.26 bits per heavy atom. The maximum Gasteiger partial charge on any atom is 0.303 e. The van der Waals surface area contributed by atoms with Gasteiger partial charge in [-0.2, -0.15) is 0 Å². The number of carboxylic acid groups (broad SMARTS) is 1. The van der Waals surface area contributed by atoms with Crippen LogP contribution in [0.15, 0.2) is 47.7 Å². The molecule has 3 aliphatic rings. The number of nitrogens with one attached hydrogen (secondary N) is 1. The molecule has 31 heavy (non-hydrogen) atoms. The molecule has 0 saturated heterocycles. The largest absolute Gasteiger partial charge is 0.481 e. The van der Waals surface area contributed by atoms with Crippen LogP contribution >= 0.6 is 0 Å². The first-order valence-corrected chi connectivity index (χ1v) is 12.6. The van der Waals surface area contributed by atoms with E-state index in [-0.39, 0.29) is 23.4 Å². The fraction of sp³-hybridized carbons (Fsp3) is 0.542. The molecule has 2 N–H and O–H groups in total. The van der Waals surface area contributed by atoms with Gasteiger partial charge in [-0.25, -0.2) is 12.8 Å². The van der Waals surface area contributed by atoms with Gasteiger partial charge < -0.3 is 5.11 Å². The van der Waals surface area contributed by atoms with Crippen LogP contribution < -0.4 is 4.72 Å². The van der Waals surface area contributed by atoms with E-state index in [0.717, 1.165) is 29.7 Å². The topological polar surface area (TPSA) is 83.5 Å². The highest BCUT2D eigenvalue weighted by Crippen LogP contribution is 2.61. The number of hydrogen-bond donors (Lipinski definition) is 2. The van der Waals surface area contributed by atoms with Gasteiger partial charge in [0, 0.05) is 12.1 Å². The van der Waals surface area contributed by atoms with Crippen LogP contribution in [-0.2, 0) is 21.2 Å². The second-order valence-corrected chi connectivity index (χ2v) is 11.1. The molecule has 4 rings (SSSR count). The van der Waals surface area contributed by atoms with Crippen molar-refractivity contribution in [3.63, 3.8) is 0 Å². The number of halogens is 1. The first kappa shape index (κ1) is 23.5. The van der Waals surface area contributed by atoms with Gasteiger partial charge in [-0.1, -0.05) is 38.1 Å². The first-order chi connectivity index (χ1) is 14.6. The molecule has 170 valence electrons. The molecular weight excluding hydrogens is 417 g/mol. The molecule has 5 nitrogen and oxygen atoms in total. The predicted octanol–water partition coefficient (Wildman–Crippen LogP) is 4.81. The molecule has 1 aromatic carbocycles. The Labute approximate surface area is 184 Å². The number of sulfonamides is 1. The Hall–Kier alpha value is -2.15. The van der Waals surface area contributed by atoms with Gasteiger partial charge in [0.15, 0.2) is 0 Å². The molecule has 0 amide bonds. The van der Waals surface area contributed by atoms with Crippen molar-refractivity contribution in [1.29, 1.82) is 0 Å². The highest BCUT2D eigenvalue weighted by molar-refractivity contribution is 7.89. The van der Waals surface area contributed by atoms with Crippen LogP contribution in [0.5, 0.6) is 0 Å². The molecule has 2 atom stereocenters. The van der Waals surface area contributed by atoms with Crippen LogP contribution in [0.25, 0.3) is 0 Å². The predicted molar refractivity (Wildman–Crippen MR) is 119 cm³/mol. The smallest absolute Gasteiger partial charge is 0.303 e. The summed E-state index contributed by atoms with van der Waals surface area (Å²) in [5.74, 6) is -0.318. The summed E-state index contributed by atoms with van der Waals surface area (Å²) >= 11 is 0. The maximum absolute atomic E-state index is 13.1. The van der Waals surface area contributed by atoms with Crippen molar-refractivity contribution < 1.29 is 22.7 Å². The molecule has 1 saturated carbocycles. The second kappa shape index (κ2) is 9.55. The van der Waals surface area contributed by atoms with E-state index >= 15 is 0 Å². The van der Waals surface area contributed by atoms with E-state index in [1.54, 1.807) is 12.1 Å². The van der Waals surface area contributed by atoms with Crippen LogP contribution in [0, 0.1) is 23.1 Å². The average molecular weight is 450 g/mol. The molecule has 1 fully saturated rings. The Kier molecular flexibility index (Phi) is 7.24. The van der Waals surface area contributed by atoms with E-state index in [0.29, 0.717) is 37.5 Å². The fourth-order valence-corrected chi connectivity index (χ4v) is 5.95. The van der Waals surface area contributed by atoms with Crippen LogP contribution in [-0.4, -0.2) is 25.2 Å². The molecule has 3 aliphatic carbocycles. The minimum Gasteiger partial charge on any atom is -0.481 e. The Morgan fingerprint density at radius 2 is 1.97 bits per heavy atom. The summed E-state index contributed by atoms with van der Waals surface area (Å²) in [6, 6.07) is 5.91. The van der Waals surface area contributed by atoms with Gasteiger partial charge in [-0.15, -0.1) is 0 Å². The van der Waals surface area contributed by atoms with Gasteiger partial charge in [-0.3, -0.25) is 9.52 Å². The molecule has 7 heteroatoms. The van der Waals surface area contributed by atoms with Crippen LogP contribution in [0.3, 0.4) is 0 Å². The number of aliphatic carboxylic acids is 1. The lowest BCUT2D eigenvalue weighted by atomic mass is 9.48. The third kappa shape index (κ3) is 5.97. The zero-order chi connectivity index (χ0) is 22.6. The Morgan fingerprint density at radius 3 is 2.61 bits per heavy atom. The van der Waals surface area contributed by atoms with E-state index in [2.05, 4.69) is 18.6 Å². The maximum atomic E-state index is 13.1. The number of hydrogen-bond acceptors (Lipinski definition) is 3. The average Bonchev–Trinajstić information content (AvgIpc) is 2.70. The zero-order valence-corrected chi connectivity index (χ0v) is 19.1. The van der Waals surface area contributed by atoms with Crippen LogP contribution in [0.2, 0.25) is 0 Å². The minimum atomic E-state index is -3.50. The molecule has 1 aromatic rings. The summed E-state index contributed by atoms with van der Waals surface area (Å²) in [5, 5.41) is 8.73. The van der Waals surface area contributed by atoms with Gasteiger partial charge in [0.05, 0.1) is 5.75 Å². The molecule has 0 spiro atoms. The van der Waals surface area contributed by atoms with Crippen molar-refractivity contribution in [3.8, 4) is 0 Å². The van der Waals surface area contributed by atoms with E-state index in [1.165, 1.54) is 12.1 Å². The number of carboxylic acids is 1. The number of benzene rings is 1. The molecule has 0 aromatic heterocycles. The summed E-state index contributed by atoms with van der Waals surface area (Å²) in [4.78, 5) is 10.6. The lowest BCUT2D eigenvalue weighted by molar-refractivity contribution is -0.137.